The van der Waals surface area contributed by atoms with Crippen molar-refractivity contribution in [3.05, 3.63) is 71.3 Å². The summed E-state index contributed by atoms with van der Waals surface area (Å²) < 4.78 is 38.9. The summed E-state index contributed by atoms with van der Waals surface area (Å²) in [7, 11) is 0. The lowest BCUT2D eigenvalue weighted by atomic mass is 9.94. The number of halogens is 2. The van der Waals surface area contributed by atoms with Crippen LogP contribution in [0.25, 0.3) is 0 Å². The zero-order chi connectivity index (χ0) is 23.2. The Morgan fingerprint density at radius 3 is 2.55 bits per heavy atom. The van der Waals surface area contributed by atoms with Gasteiger partial charge in [0.2, 0.25) is 5.91 Å². The number of hydrogen-bond donors (Lipinski definition) is 2. The van der Waals surface area contributed by atoms with E-state index in [0.29, 0.717) is 31.7 Å². The van der Waals surface area contributed by atoms with Crippen LogP contribution in [0.1, 0.15) is 30.4 Å². The zero-order valence-electron chi connectivity index (χ0n) is 18.5. The number of ether oxygens (including phenoxy) is 2. The highest BCUT2D eigenvalue weighted by Crippen LogP contribution is 2.29. The summed E-state index contributed by atoms with van der Waals surface area (Å²) in [5.41, 5.74) is 1.54. The van der Waals surface area contributed by atoms with Crippen LogP contribution in [0, 0.1) is 11.6 Å². The fraction of sp³-hybridized carbons (Fsp3) is 0.480. The molecule has 178 valence electrons. The first-order valence-corrected chi connectivity index (χ1v) is 11.4. The normalized spacial score (nSPS) is 26.2. The van der Waals surface area contributed by atoms with Gasteiger partial charge in [-0.25, -0.2) is 8.78 Å². The molecule has 8 heteroatoms. The number of nitrogens with zero attached hydrogens (tertiary/aromatic N) is 1. The van der Waals surface area contributed by atoms with E-state index in [9.17, 15) is 18.7 Å². The minimum absolute atomic E-state index is 0.00479. The number of aliphatic hydroxyl groups excluding tert-OH is 1. The summed E-state index contributed by atoms with van der Waals surface area (Å²) in [5, 5.41) is 13.1. The number of rotatable bonds is 6. The van der Waals surface area contributed by atoms with Gasteiger partial charge >= 0.3 is 0 Å². The number of benzene rings is 2. The summed E-state index contributed by atoms with van der Waals surface area (Å²) in [5.74, 6) is -0.772. The van der Waals surface area contributed by atoms with E-state index < -0.39 is 6.10 Å². The highest BCUT2D eigenvalue weighted by molar-refractivity contribution is 5.76. The molecule has 2 aromatic rings. The summed E-state index contributed by atoms with van der Waals surface area (Å²) in [4.78, 5) is 14.6. The second-order valence-electron chi connectivity index (χ2n) is 8.80. The van der Waals surface area contributed by atoms with Gasteiger partial charge in [-0.05, 0) is 48.2 Å². The Morgan fingerprint density at radius 2 is 1.79 bits per heavy atom. The predicted octanol–water partition coefficient (Wildman–Crippen LogP) is 2.78. The minimum Gasteiger partial charge on any atom is -0.389 e. The van der Waals surface area contributed by atoms with Crippen LogP contribution in [-0.2, 0) is 27.4 Å². The Labute approximate surface area is 192 Å². The smallest absolute Gasteiger partial charge is 0.222 e. The molecule has 4 rings (SSSR count). The van der Waals surface area contributed by atoms with E-state index in [1.807, 2.05) is 6.07 Å². The van der Waals surface area contributed by atoms with Crippen molar-refractivity contribution in [3.63, 3.8) is 0 Å². The quantitative estimate of drug-likeness (QED) is 0.694. The molecule has 6 nitrogen and oxygen atoms in total. The van der Waals surface area contributed by atoms with Crippen molar-refractivity contribution in [1.29, 1.82) is 0 Å². The van der Waals surface area contributed by atoms with Crippen molar-refractivity contribution < 1.29 is 28.2 Å². The number of amides is 1. The standard InChI is InChI=1S/C25H30F2N2O4/c26-19-5-1-3-17(9-19)12-28-25(31)11-22-7-8-23-24(33-22)16-32-15-21(30)14-29(23)13-18-4-2-6-20(27)10-18/h1-6,9-10,21-24,30H,7-8,11-16H2,(H,28,31)/t21-,22+,23-,24+/m0/s1. The maximum atomic E-state index is 13.7. The molecule has 1 amide bonds. The van der Waals surface area contributed by atoms with Gasteiger partial charge in [-0.15, -0.1) is 0 Å². The van der Waals surface area contributed by atoms with Crippen molar-refractivity contribution >= 4 is 5.91 Å². The second kappa shape index (κ2) is 11.2. The summed E-state index contributed by atoms with van der Waals surface area (Å²) in [6, 6.07) is 12.6. The molecule has 2 fully saturated rings. The Kier molecular flexibility index (Phi) is 8.03. The van der Waals surface area contributed by atoms with Crippen LogP contribution < -0.4 is 5.32 Å². The minimum atomic E-state index is -0.633. The molecule has 0 radical (unpaired) electrons. The van der Waals surface area contributed by atoms with Gasteiger partial charge in [0.15, 0.2) is 0 Å². The van der Waals surface area contributed by atoms with Crippen molar-refractivity contribution in [2.75, 3.05) is 19.8 Å². The molecule has 33 heavy (non-hydrogen) atoms. The van der Waals surface area contributed by atoms with Gasteiger partial charge in [-0.2, -0.15) is 0 Å². The van der Waals surface area contributed by atoms with Crippen LogP contribution in [0.4, 0.5) is 8.78 Å². The third-order valence-corrected chi connectivity index (χ3v) is 6.15. The fourth-order valence-corrected chi connectivity index (χ4v) is 4.62. The van der Waals surface area contributed by atoms with E-state index in [-0.39, 0.29) is 55.4 Å². The van der Waals surface area contributed by atoms with Crippen LogP contribution in [-0.4, -0.2) is 60.0 Å². The lowest BCUT2D eigenvalue weighted by Gasteiger charge is -2.44. The average molecular weight is 461 g/mol. The molecule has 2 N–H and O–H groups in total. The van der Waals surface area contributed by atoms with Crippen molar-refractivity contribution in [1.82, 2.24) is 10.2 Å². The van der Waals surface area contributed by atoms with Crippen molar-refractivity contribution in [3.8, 4) is 0 Å². The molecule has 2 saturated heterocycles. The number of aliphatic hydroxyl groups is 1. The zero-order valence-corrected chi connectivity index (χ0v) is 18.5. The van der Waals surface area contributed by atoms with Gasteiger partial charge in [0, 0.05) is 25.7 Å². The molecule has 2 heterocycles. The molecule has 0 aliphatic carbocycles. The van der Waals surface area contributed by atoms with Crippen molar-refractivity contribution in [2.24, 2.45) is 0 Å². The molecular weight excluding hydrogens is 430 g/mol. The second-order valence-corrected chi connectivity index (χ2v) is 8.80. The van der Waals surface area contributed by atoms with E-state index in [0.717, 1.165) is 12.0 Å². The monoisotopic (exact) mass is 460 g/mol. The van der Waals surface area contributed by atoms with E-state index >= 15 is 0 Å². The molecule has 0 bridgehead atoms. The first-order chi connectivity index (χ1) is 16.0. The van der Waals surface area contributed by atoms with Crippen molar-refractivity contribution in [2.45, 2.75) is 56.7 Å². The maximum absolute atomic E-state index is 13.7. The van der Waals surface area contributed by atoms with Crippen LogP contribution in [0.5, 0.6) is 0 Å². The highest BCUT2D eigenvalue weighted by Gasteiger charge is 2.38. The summed E-state index contributed by atoms with van der Waals surface area (Å²) in [6.07, 6.45) is 0.544. The Bertz CT molecular complexity index is 944. The van der Waals surface area contributed by atoms with Gasteiger partial charge in [0.25, 0.3) is 0 Å². The Balaban J connectivity index is 1.34. The van der Waals surface area contributed by atoms with Gasteiger partial charge in [-0.3, -0.25) is 9.69 Å². The van der Waals surface area contributed by atoms with E-state index in [1.165, 1.54) is 24.3 Å². The molecule has 2 aromatic carbocycles. The number of carbonyl (C=O) groups excluding carboxylic acids is 1. The molecule has 2 aliphatic heterocycles. The first kappa shape index (κ1) is 23.8. The fourth-order valence-electron chi connectivity index (χ4n) is 4.62. The number of hydrogen-bond acceptors (Lipinski definition) is 5. The van der Waals surface area contributed by atoms with Gasteiger partial charge in [0.05, 0.1) is 37.9 Å². The Morgan fingerprint density at radius 1 is 1.06 bits per heavy atom. The van der Waals surface area contributed by atoms with Gasteiger partial charge in [-0.1, -0.05) is 24.3 Å². The first-order valence-electron chi connectivity index (χ1n) is 11.4. The van der Waals surface area contributed by atoms with E-state index in [2.05, 4.69) is 10.2 Å². The molecule has 0 spiro atoms. The van der Waals surface area contributed by atoms with Crippen LogP contribution in [0.3, 0.4) is 0 Å². The lowest BCUT2D eigenvalue weighted by molar-refractivity contribution is -0.158. The SMILES string of the molecule is O=C(C[C@H]1CC[C@H]2[C@@H](COC[C@@H](O)CN2Cc2cccc(F)c2)O1)NCc1cccc(F)c1. The number of nitrogens with one attached hydrogen (secondary N) is 1. The van der Waals surface area contributed by atoms with Gasteiger partial charge in [0.1, 0.15) is 11.6 Å². The predicted molar refractivity (Wildman–Crippen MR) is 118 cm³/mol. The molecule has 0 aromatic heterocycles. The number of fused-ring (bicyclic) bond motifs is 1. The topological polar surface area (TPSA) is 71.0 Å². The molecule has 0 saturated carbocycles. The maximum Gasteiger partial charge on any atom is 0.222 e. The number of carbonyl (C=O) groups is 1. The van der Waals surface area contributed by atoms with Crippen LogP contribution in [0.15, 0.2) is 48.5 Å². The third-order valence-electron chi connectivity index (χ3n) is 6.15. The molecule has 0 unspecified atom stereocenters. The summed E-state index contributed by atoms with van der Waals surface area (Å²) in [6.45, 7) is 1.68. The van der Waals surface area contributed by atoms with Crippen LogP contribution >= 0.6 is 0 Å². The van der Waals surface area contributed by atoms with Gasteiger partial charge < -0.3 is 19.9 Å². The number of β-amino-alcohol motifs (C(OH)–C–C–N with tert-alkyl or cyclic N) is 1. The lowest BCUT2D eigenvalue weighted by Crippen LogP contribution is -2.55. The molecule has 4 atom stereocenters. The average Bonchev–Trinajstić information content (AvgIpc) is 2.77. The summed E-state index contributed by atoms with van der Waals surface area (Å²) >= 11 is 0. The van der Waals surface area contributed by atoms with E-state index in [4.69, 9.17) is 9.47 Å². The largest absolute Gasteiger partial charge is 0.389 e. The highest BCUT2D eigenvalue weighted by atomic mass is 19.1. The molecular formula is C25H30F2N2O4. The van der Waals surface area contributed by atoms with E-state index in [1.54, 1.807) is 18.2 Å². The Hall–Kier alpha value is -2.39. The molecule has 2 aliphatic rings. The third kappa shape index (κ3) is 6.80. The van der Waals surface area contributed by atoms with Crippen LogP contribution in [0.2, 0.25) is 0 Å².